The minimum Gasteiger partial charge on any atom is -0.497 e. The number of thiazole rings is 1. The third kappa shape index (κ3) is 4.43. The second-order valence-electron chi connectivity index (χ2n) is 9.08. The van der Waals surface area contributed by atoms with E-state index in [1.165, 1.54) is 21.2 Å². The van der Waals surface area contributed by atoms with Crippen LogP contribution in [0.15, 0.2) is 88.9 Å². The number of rotatable bonds is 6. The van der Waals surface area contributed by atoms with E-state index in [2.05, 4.69) is 10.3 Å². The fourth-order valence-corrected chi connectivity index (χ4v) is 7.80. The molecule has 1 N–H and O–H groups in total. The number of pyridine rings is 1. The Morgan fingerprint density at radius 1 is 1.00 bits per heavy atom. The van der Waals surface area contributed by atoms with Crippen molar-refractivity contribution in [2.24, 2.45) is 5.92 Å². The molecule has 2 aromatic heterocycles. The number of carbonyl (C=O) groups is 3. The molecule has 2 unspecified atom stereocenters. The molecule has 4 heterocycles. The minimum atomic E-state index is -0.769. The highest BCUT2D eigenvalue weighted by atomic mass is 32.2. The smallest absolute Gasteiger partial charge is 0.308 e. The normalized spacial score (nSPS) is 19.9. The molecule has 2 aliphatic rings. The minimum absolute atomic E-state index is 0.214. The first kappa shape index (κ1) is 25.1. The van der Waals surface area contributed by atoms with Crippen LogP contribution in [-0.2, 0) is 20.9 Å². The standard InChI is InChI=1S/C28H22N4O5S2/c1-37-19-11-9-18(10-12-19)32-25(34)22-21(16-6-5-13-29-14-16)24-27(38-23(22)26(32)35)31(28(36)39-24)15-20(33)30-17-7-3-2-4-8-17/h2-14,21-23H,15H2,1H3,(H,30,33)/t21-,22?,23?/m1/s1. The van der Waals surface area contributed by atoms with E-state index in [0.29, 0.717) is 27.0 Å². The Bertz CT molecular complexity index is 1620. The molecule has 4 aromatic rings. The molecule has 39 heavy (non-hydrogen) atoms. The summed E-state index contributed by atoms with van der Waals surface area (Å²) in [6, 6.07) is 19.3. The van der Waals surface area contributed by atoms with Crippen LogP contribution in [0, 0.1) is 5.92 Å². The van der Waals surface area contributed by atoms with Crippen LogP contribution in [0.3, 0.4) is 0 Å². The molecule has 196 valence electrons. The number of nitrogens with zero attached hydrogens (tertiary/aromatic N) is 3. The van der Waals surface area contributed by atoms with E-state index in [4.69, 9.17) is 4.74 Å². The predicted molar refractivity (Wildman–Crippen MR) is 148 cm³/mol. The van der Waals surface area contributed by atoms with Crippen molar-refractivity contribution >= 4 is 52.2 Å². The first-order valence-electron chi connectivity index (χ1n) is 12.1. The summed E-state index contributed by atoms with van der Waals surface area (Å²) in [5, 5.41) is 2.56. The summed E-state index contributed by atoms with van der Waals surface area (Å²) in [4.78, 5) is 59.5. The summed E-state index contributed by atoms with van der Waals surface area (Å²) >= 11 is 2.18. The fourth-order valence-electron chi connectivity index (χ4n) is 5.03. The van der Waals surface area contributed by atoms with Crippen LogP contribution >= 0.6 is 23.1 Å². The van der Waals surface area contributed by atoms with Gasteiger partial charge in [0.25, 0.3) is 0 Å². The molecule has 0 spiro atoms. The number of hydrogen-bond donors (Lipinski definition) is 1. The van der Waals surface area contributed by atoms with E-state index in [1.54, 1.807) is 74.1 Å². The third-order valence-electron chi connectivity index (χ3n) is 6.78. The monoisotopic (exact) mass is 558 g/mol. The molecule has 6 rings (SSSR count). The van der Waals surface area contributed by atoms with Crippen molar-refractivity contribution in [1.29, 1.82) is 0 Å². The number of hydrogen-bond acceptors (Lipinski definition) is 8. The van der Waals surface area contributed by atoms with Crippen LogP contribution in [-0.4, -0.2) is 39.6 Å². The summed E-state index contributed by atoms with van der Waals surface area (Å²) in [6.45, 7) is -0.214. The van der Waals surface area contributed by atoms with Gasteiger partial charge in [-0.2, -0.15) is 0 Å². The van der Waals surface area contributed by atoms with Gasteiger partial charge < -0.3 is 10.1 Å². The zero-order valence-electron chi connectivity index (χ0n) is 20.6. The van der Waals surface area contributed by atoms with Crippen LogP contribution in [0.1, 0.15) is 16.4 Å². The van der Waals surface area contributed by atoms with Crippen molar-refractivity contribution < 1.29 is 19.1 Å². The van der Waals surface area contributed by atoms with E-state index in [1.807, 2.05) is 12.1 Å². The van der Waals surface area contributed by atoms with E-state index < -0.39 is 17.1 Å². The van der Waals surface area contributed by atoms with Crippen LogP contribution in [0.25, 0.3) is 0 Å². The summed E-state index contributed by atoms with van der Waals surface area (Å²) in [5.41, 5.74) is 1.80. The number of para-hydroxylation sites is 1. The molecule has 2 aliphatic heterocycles. The first-order valence-corrected chi connectivity index (χ1v) is 13.8. The number of imide groups is 1. The largest absolute Gasteiger partial charge is 0.497 e. The second-order valence-corrected chi connectivity index (χ2v) is 11.2. The highest BCUT2D eigenvalue weighted by Crippen LogP contribution is 2.53. The SMILES string of the molecule is COc1ccc(N2C(=O)C3Sc4c(sc(=O)n4CC(=O)Nc4ccccc4)[C@H](c4cccnc4)C3C2=O)cc1. The number of anilines is 2. The third-order valence-corrected chi connectivity index (χ3v) is 9.39. The Kier molecular flexibility index (Phi) is 6.53. The molecule has 1 fully saturated rings. The van der Waals surface area contributed by atoms with Crippen LogP contribution < -0.4 is 19.8 Å². The number of amides is 3. The lowest BCUT2D eigenvalue weighted by atomic mass is 9.84. The van der Waals surface area contributed by atoms with Crippen LogP contribution in [0.5, 0.6) is 5.75 Å². The zero-order valence-corrected chi connectivity index (χ0v) is 22.3. The van der Waals surface area contributed by atoms with Gasteiger partial charge in [0, 0.05) is 28.9 Å². The van der Waals surface area contributed by atoms with Crippen molar-refractivity contribution in [2.45, 2.75) is 22.7 Å². The van der Waals surface area contributed by atoms with Crippen molar-refractivity contribution in [3.63, 3.8) is 0 Å². The van der Waals surface area contributed by atoms with Gasteiger partial charge in [0.15, 0.2) is 0 Å². The lowest BCUT2D eigenvalue weighted by Gasteiger charge is -2.30. The van der Waals surface area contributed by atoms with Crippen molar-refractivity contribution in [1.82, 2.24) is 9.55 Å². The van der Waals surface area contributed by atoms with Crippen molar-refractivity contribution in [3.05, 3.63) is 99.2 Å². The Labute approximate surface area is 231 Å². The molecular formula is C28H22N4O5S2. The van der Waals surface area contributed by atoms with Gasteiger partial charge in [-0.3, -0.25) is 28.7 Å². The number of benzene rings is 2. The van der Waals surface area contributed by atoms with Gasteiger partial charge in [-0.1, -0.05) is 47.4 Å². The Morgan fingerprint density at radius 2 is 1.77 bits per heavy atom. The predicted octanol–water partition coefficient (Wildman–Crippen LogP) is 3.75. The lowest BCUT2D eigenvalue weighted by molar-refractivity contribution is -0.122. The maximum Gasteiger partial charge on any atom is 0.308 e. The highest BCUT2D eigenvalue weighted by molar-refractivity contribution is 8.00. The molecule has 1 saturated heterocycles. The first-order chi connectivity index (χ1) is 19.0. The number of thioether (sulfide) groups is 1. The molecule has 3 amide bonds. The molecule has 2 aromatic carbocycles. The maximum absolute atomic E-state index is 13.9. The summed E-state index contributed by atoms with van der Waals surface area (Å²) in [7, 11) is 1.54. The molecule has 0 aliphatic carbocycles. The maximum atomic E-state index is 13.9. The second kappa shape index (κ2) is 10.2. The van der Waals surface area contributed by atoms with Crippen LogP contribution in [0.2, 0.25) is 0 Å². The van der Waals surface area contributed by atoms with E-state index >= 15 is 0 Å². The zero-order chi connectivity index (χ0) is 27.1. The fraction of sp³-hybridized carbons (Fsp3) is 0.179. The number of carbonyl (C=O) groups excluding carboxylic acids is 3. The van der Waals surface area contributed by atoms with Gasteiger partial charge in [0.05, 0.1) is 23.7 Å². The Morgan fingerprint density at radius 3 is 2.46 bits per heavy atom. The highest BCUT2D eigenvalue weighted by Gasteiger charge is 2.56. The van der Waals surface area contributed by atoms with Gasteiger partial charge >= 0.3 is 4.87 Å². The molecule has 11 heteroatoms. The van der Waals surface area contributed by atoms with Crippen molar-refractivity contribution in [2.75, 3.05) is 17.3 Å². The molecule has 0 saturated carbocycles. The van der Waals surface area contributed by atoms with Gasteiger partial charge in [0.2, 0.25) is 17.7 Å². The van der Waals surface area contributed by atoms with Crippen molar-refractivity contribution in [3.8, 4) is 5.75 Å². The summed E-state index contributed by atoms with van der Waals surface area (Å²) < 4.78 is 6.62. The van der Waals surface area contributed by atoms with Gasteiger partial charge in [-0.15, -0.1) is 0 Å². The number of methoxy groups -OCH3 is 1. The van der Waals surface area contributed by atoms with Gasteiger partial charge in [0.1, 0.15) is 17.5 Å². The molecular weight excluding hydrogens is 536 g/mol. The summed E-state index contributed by atoms with van der Waals surface area (Å²) in [6.07, 6.45) is 3.29. The molecule has 9 nitrogen and oxygen atoms in total. The van der Waals surface area contributed by atoms with Gasteiger partial charge in [-0.25, -0.2) is 4.90 Å². The molecule has 0 radical (unpaired) electrons. The van der Waals surface area contributed by atoms with E-state index in [9.17, 15) is 19.2 Å². The van der Waals surface area contributed by atoms with Gasteiger partial charge in [-0.05, 0) is 48.0 Å². The molecule has 0 bridgehead atoms. The topological polar surface area (TPSA) is 111 Å². The van der Waals surface area contributed by atoms with E-state index in [-0.39, 0.29) is 29.1 Å². The Hall–Kier alpha value is -4.22. The number of aromatic nitrogens is 2. The number of nitrogens with one attached hydrogen (secondary N) is 1. The quantitative estimate of drug-likeness (QED) is 0.359. The van der Waals surface area contributed by atoms with Crippen LogP contribution in [0.4, 0.5) is 11.4 Å². The summed E-state index contributed by atoms with van der Waals surface area (Å²) in [5.74, 6) is -1.74. The number of ether oxygens (including phenoxy) is 1. The van der Waals surface area contributed by atoms with E-state index in [0.717, 1.165) is 16.9 Å². The lowest BCUT2D eigenvalue weighted by Crippen LogP contribution is -2.33. The average Bonchev–Trinajstić information content (AvgIpc) is 3.40. The average molecular weight is 559 g/mol. The Balaban J connectivity index is 1.40. The molecule has 3 atom stereocenters. The number of fused-ring (bicyclic) bond motifs is 2.